The van der Waals surface area contributed by atoms with Gasteiger partial charge in [-0.2, -0.15) is 35.1 Å². The Morgan fingerprint density at radius 1 is 0.682 bits per heavy atom. The van der Waals surface area contributed by atoms with E-state index < -0.39 is 29.5 Å². The zero-order valence-electron chi connectivity index (χ0n) is 9.91. The van der Waals surface area contributed by atoms with Crippen LogP contribution in [-0.2, 0) is 5.67 Å². The molecule has 0 N–H and O–H groups in total. The van der Waals surface area contributed by atoms with Crippen LogP contribution in [0.2, 0.25) is 0 Å². The fourth-order valence-electron chi connectivity index (χ4n) is 1.52. The van der Waals surface area contributed by atoms with Gasteiger partial charge in [0.1, 0.15) is 0 Å². The molecule has 1 nitrogen and oxygen atoms in total. The maximum Gasteiger partial charge on any atom is 0.457 e. The fraction of sp³-hybridized carbons (Fsp3) is 0.400. The largest absolute Gasteiger partial charge is 0.457 e. The molecule has 0 aliphatic heterocycles. The number of hydrogen-bond donors (Lipinski definition) is 0. The summed E-state index contributed by atoms with van der Waals surface area (Å²) in [5, 5.41) is 0. The molecule has 0 aliphatic rings. The fourth-order valence-corrected chi connectivity index (χ4v) is 1.99. The number of anilines is 1. The number of rotatable bonds is 3. The zero-order chi connectivity index (χ0) is 17.6. The van der Waals surface area contributed by atoms with Crippen molar-refractivity contribution < 1.29 is 39.5 Å². The van der Waals surface area contributed by atoms with E-state index in [2.05, 4.69) is 32.3 Å². The van der Waals surface area contributed by atoms with E-state index >= 15 is 0 Å². The SMILES string of the molecule is FC(F)(F)C(F)(F)C(F)(c1ccc(N(Br)Br)cc1)C(F)(F)F. The topological polar surface area (TPSA) is 3.24 Å². The first-order valence-electron chi connectivity index (χ1n) is 5.08. The number of benzene rings is 1. The molecule has 0 spiro atoms. The van der Waals surface area contributed by atoms with Crippen molar-refractivity contribution in [2.45, 2.75) is 23.9 Å². The third-order valence-electron chi connectivity index (χ3n) is 2.64. The first-order valence-corrected chi connectivity index (χ1v) is 6.50. The lowest BCUT2D eigenvalue weighted by atomic mass is 9.87. The summed E-state index contributed by atoms with van der Waals surface area (Å²) in [6, 6.07) is 1.81. The van der Waals surface area contributed by atoms with Crippen molar-refractivity contribution in [2.75, 3.05) is 2.95 Å². The lowest BCUT2D eigenvalue weighted by Crippen LogP contribution is -2.59. The Bertz CT molecular complexity index is 523. The molecule has 0 radical (unpaired) electrons. The summed E-state index contributed by atoms with van der Waals surface area (Å²) >= 11 is 5.55. The Morgan fingerprint density at radius 2 is 1.09 bits per heavy atom. The van der Waals surface area contributed by atoms with Crippen molar-refractivity contribution in [1.29, 1.82) is 0 Å². The number of nitrogens with zero attached hydrogens (tertiary/aromatic N) is 1. The number of hydrogen-bond acceptors (Lipinski definition) is 1. The normalized spacial score (nSPS) is 16.3. The van der Waals surface area contributed by atoms with Crippen molar-refractivity contribution in [3.05, 3.63) is 29.8 Å². The van der Waals surface area contributed by atoms with E-state index in [0.717, 1.165) is 2.95 Å². The Morgan fingerprint density at radius 3 is 1.36 bits per heavy atom. The minimum absolute atomic E-state index is 0.0311. The first-order chi connectivity index (χ1) is 9.66. The Hall–Kier alpha value is -0.650. The quantitative estimate of drug-likeness (QED) is 0.386. The Labute approximate surface area is 134 Å². The molecule has 0 saturated carbocycles. The molecule has 1 atom stereocenters. The van der Waals surface area contributed by atoms with Crippen LogP contribution < -0.4 is 2.95 Å². The molecule has 0 saturated heterocycles. The van der Waals surface area contributed by atoms with E-state index in [1.165, 1.54) is 0 Å². The standard InChI is InChI=1S/C10H4Br2F9N/c11-22(12)6-3-1-5(2-4-6)7(13,9(16,17)18)8(14,15)10(19,20)21/h1-4H. The predicted octanol–water partition coefficient (Wildman–Crippen LogP) is 6.04. The van der Waals surface area contributed by atoms with Gasteiger partial charge in [0.25, 0.3) is 0 Å². The summed E-state index contributed by atoms with van der Waals surface area (Å²) in [6.07, 6.45) is -13.2. The average Bonchev–Trinajstić information content (AvgIpc) is 2.34. The van der Waals surface area contributed by atoms with E-state index in [1.807, 2.05) is 0 Å². The van der Waals surface area contributed by atoms with Crippen LogP contribution in [0.5, 0.6) is 0 Å². The summed E-state index contributed by atoms with van der Waals surface area (Å²) in [6.45, 7) is 0. The third kappa shape index (κ3) is 3.03. The van der Waals surface area contributed by atoms with Crippen LogP contribution in [0.4, 0.5) is 45.2 Å². The highest BCUT2D eigenvalue weighted by atomic mass is 79.9. The molecule has 0 amide bonds. The number of alkyl halides is 9. The predicted molar refractivity (Wildman–Crippen MR) is 66.6 cm³/mol. The second-order valence-electron chi connectivity index (χ2n) is 4.01. The van der Waals surface area contributed by atoms with Crippen LogP contribution >= 0.6 is 32.3 Å². The monoisotopic (exact) mass is 467 g/mol. The van der Waals surface area contributed by atoms with E-state index in [9.17, 15) is 39.5 Å². The maximum absolute atomic E-state index is 14.0. The van der Waals surface area contributed by atoms with E-state index in [0.29, 0.717) is 12.1 Å². The Kier molecular flexibility index (Phi) is 5.08. The molecular formula is C10H4Br2F9N. The molecule has 0 bridgehead atoms. The van der Waals surface area contributed by atoms with Crippen LogP contribution in [0.3, 0.4) is 0 Å². The van der Waals surface area contributed by atoms with Gasteiger partial charge in [0.15, 0.2) is 0 Å². The van der Waals surface area contributed by atoms with Gasteiger partial charge < -0.3 is 0 Å². The molecular weight excluding hydrogens is 465 g/mol. The van der Waals surface area contributed by atoms with Gasteiger partial charge in [-0.1, -0.05) is 12.1 Å². The maximum atomic E-state index is 14.0. The van der Waals surface area contributed by atoms with Crippen molar-refractivity contribution in [1.82, 2.24) is 0 Å². The van der Waals surface area contributed by atoms with E-state index in [-0.39, 0.29) is 17.8 Å². The summed E-state index contributed by atoms with van der Waals surface area (Å²) in [7, 11) is 0. The van der Waals surface area contributed by atoms with Crippen molar-refractivity contribution >= 4 is 38.0 Å². The summed E-state index contributed by atoms with van der Waals surface area (Å²) in [5.41, 5.74) is -7.75. The molecule has 0 fully saturated rings. The van der Waals surface area contributed by atoms with Crippen molar-refractivity contribution in [3.8, 4) is 0 Å². The van der Waals surface area contributed by atoms with Crippen LogP contribution in [0.1, 0.15) is 5.56 Å². The third-order valence-corrected chi connectivity index (χ3v) is 3.46. The second kappa shape index (κ2) is 5.77. The second-order valence-corrected chi connectivity index (χ2v) is 6.38. The highest BCUT2D eigenvalue weighted by Gasteiger charge is 2.81. The number of halogens is 11. The van der Waals surface area contributed by atoms with Crippen molar-refractivity contribution in [2.24, 2.45) is 0 Å². The van der Waals surface area contributed by atoms with Gasteiger partial charge in [-0.25, -0.2) is 7.34 Å². The van der Waals surface area contributed by atoms with Gasteiger partial charge in [-0.3, -0.25) is 0 Å². The minimum atomic E-state index is -6.73. The van der Waals surface area contributed by atoms with Gasteiger partial charge in [0, 0.05) is 5.56 Å². The molecule has 126 valence electrons. The molecule has 1 rings (SSSR count). The average molecular weight is 469 g/mol. The molecule has 1 unspecified atom stereocenters. The van der Waals surface area contributed by atoms with Gasteiger partial charge >= 0.3 is 23.9 Å². The van der Waals surface area contributed by atoms with Gasteiger partial charge in [0.2, 0.25) is 0 Å². The van der Waals surface area contributed by atoms with Crippen LogP contribution in [0.25, 0.3) is 0 Å². The highest BCUT2D eigenvalue weighted by Crippen LogP contribution is 2.58. The smallest absolute Gasteiger partial charge is 0.243 e. The lowest BCUT2D eigenvalue weighted by Gasteiger charge is -2.36. The highest BCUT2D eigenvalue weighted by molar-refractivity contribution is 9.25. The van der Waals surface area contributed by atoms with Crippen molar-refractivity contribution in [3.63, 3.8) is 0 Å². The van der Waals surface area contributed by atoms with E-state index in [1.54, 1.807) is 0 Å². The van der Waals surface area contributed by atoms with E-state index in [4.69, 9.17) is 0 Å². The summed E-state index contributed by atoms with van der Waals surface area (Å²) < 4.78 is 116. The summed E-state index contributed by atoms with van der Waals surface area (Å²) in [4.78, 5) is 0. The molecule has 22 heavy (non-hydrogen) atoms. The first kappa shape index (κ1) is 19.4. The lowest BCUT2D eigenvalue weighted by molar-refractivity contribution is -0.389. The van der Waals surface area contributed by atoms with Crippen LogP contribution in [0, 0.1) is 0 Å². The molecule has 0 aromatic heterocycles. The van der Waals surface area contributed by atoms with Gasteiger partial charge in [-0.15, -0.1) is 0 Å². The molecule has 12 heteroatoms. The zero-order valence-corrected chi connectivity index (χ0v) is 13.1. The summed E-state index contributed by atoms with van der Waals surface area (Å²) in [5.74, 6) is -6.66. The molecule has 1 aromatic carbocycles. The molecule has 1 aromatic rings. The minimum Gasteiger partial charge on any atom is -0.243 e. The van der Waals surface area contributed by atoms with Crippen LogP contribution in [-0.4, -0.2) is 18.3 Å². The van der Waals surface area contributed by atoms with Gasteiger partial charge in [0.05, 0.1) is 38.0 Å². The van der Waals surface area contributed by atoms with Crippen LogP contribution in [0.15, 0.2) is 24.3 Å². The van der Waals surface area contributed by atoms with Gasteiger partial charge in [-0.05, 0) is 12.1 Å². The molecule has 0 aliphatic carbocycles. The Balaban J connectivity index is 3.55. The molecule has 0 heterocycles.